The van der Waals surface area contributed by atoms with E-state index in [0.29, 0.717) is 0 Å². The fraction of sp³-hybridized carbons (Fsp3) is 0. The van der Waals surface area contributed by atoms with Crippen molar-refractivity contribution in [2.45, 2.75) is 0 Å². The zero-order valence-corrected chi connectivity index (χ0v) is 6.51. The van der Waals surface area contributed by atoms with Gasteiger partial charge in [0.25, 0.3) is 0 Å². The Labute approximate surface area is 71.9 Å². The Hall–Kier alpha value is -1.36. The second-order valence-corrected chi connectivity index (χ2v) is 2.49. The molecule has 4 nitrogen and oxygen atoms in total. The first-order chi connectivity index (χ1) is 5.52. The minimum atomic E-state index is -0.984. The van der Waals surface area contributed by atoms with Gasteiger partial charge in [0.05, 0.1) is 15.6 Å². The molecule has 0 aliphatic rings. The Morgan fingerprint density at radius 1 is 1.58 bits per heavy atom. The molecule has 2 N–H and O–H groups in total. The van der Waals surface area contributed by atoms with Crippen molar-refractivity contribution in [3.63, 3.8) is 0 Å². The summed E-state index contributed by atoms with van der Waals surface area (Å²) in [6.45, 7) is 0. The first-order valence-electron chi connectivity index (χ1n) is 2.91. The van der Waals surface area contributed by atoms with Crippen LogP contribution in [0.15, 0.2) is 12.1 Å². The summed E-state index contributed by atoms with van der Waals surface area (Å²) in [6.07, 6.45) is 0. The van der Waals surface area contributed by atoms with Crippen LogP contribution in [-0.2, 0) is 0 Å². The molecule has 0 bridgehead atoms. The maximum absolute atomic E-state index is 12.7. The molecule has 1 aromatic carbocycles. The number of nitrogen functional groups attached to an aromatic ring is 1. The van der Waals surface area contributed by atoms with Crippen LogP contribution >= 0.6 is 11.6 Å². The second-order valence-electron chi connectivity index (χ2n) is 2.08. The van der Waals surface area contributed by atoms with E-state index in [2.05, 4.69) is 0 Å². The second kappa shape index (κ2) is 2.94. The summed E-state index contributed by atoms with van der Waals surface area (Å²) in [7, 11) is 0. The molecule has 0 amide bonds. The molecule has 0 saturated heterocycles. The van der Waals surface area contributed by atoms with Crippen LogP contribution < -0.4 is 5.73 Å². The molecule has 0 fully saturated rings. The highest BCUT2D eigenvalue weighted by atomic mass is 35.5. The number of nitro benzene ring substituents is 1. The molecule has 0 unspecified atom stereocenters. The van der Waals surface area contributed by atoms with Crippen LogP contribution in [0.4, 0.5) is 15.8 Å². The lowest BCUT2D eigenvalue weighted by Crippen LogP contribution is -1.95. The molecule has 1 rings (SSSR count). The third kappa shape index (κ3) is 1.45. The summed E-state index contributed by atoms with van der Waals surface area (Å²) in [5.74, 6) is -0.984. The lowest BCUT2D eigenvalue weighted by Gasteiger charge is -1.97. The van der Waals surface area contributed by atoms with Gasteiger partial charge in [0, 0.05) is 12.1 Å². The zero-order valence-electron chi connectivity index (χ0n) is 5.75. The van der Waals surface area contributed by atoms with Crippen LogP contribution in [0.25, 0.3) is 0 Å². The number of nitrogens with two attached hydrogens (primary N) is 1. The average molecular weight is 191 g/mol. The molecule has 0 heterocycles. The number of nitro groups is 1. The molecule has 0 radical (unpaired) electrons. The average Bonchev–Trinajstić information content (AvgIpc) is 1.96. The smallest absolute Gasteiger partial charge is 0.306 e. The maximum atomic E-state index is 12.7. The summed E-state index contributed by atoms with van der Waals surface area (Å²) in [4.78, 5) is 9.29. The number of rotatable bonds is 1. The summed E-state index contributed by atoms with van der Waals surface area (Å²) in [5, 5.41) is 10.1. The number of hydrogen-bond acceptors (Lipinski definition) is 3. The van der Waals surface area contributed by atoms with E-state index in [-0.39, 0.29) is 10.7 Å². The summed E-state index contributed by atoms with van der Waals surface area (Å²) in [5.41, 5.74) is 4.51. The maximum Gasteiger partial charge on any atom is 0.306 e. The molecular formula is C6H4ClFN2O2. The van der Waals surface area contributed by atoms with Crippen molar-refractivity contribution in [1.82, 2.24) is 0 Å². The Morgan fingerprint density at radius 2 is 2.17 bits per heavy atom. The Morgan fingerprint density at radius 3 is 2.67 bits per heavy atom. The number of halogens is 2. The van der Waals surface area contributed by atoms with Crippen molar-refractivity contribution in [1.29, 1.82) is 0 Å². The summed E-state index contributed by atoms with van der Waals surface area (Å²) < 4.78 is 12.7. The zero-order chi connectivity index (χ0) is 9.30. The molecule has 0 aliphatic carbocycles. The minimum absolute atomic E-state index is 0.0141. The van der Waals surface area contributed by atoms with Crippen LogP contribution in [0, 0.1) is 15.9 Å². The van der Waals surface area contributed by atoms with Crippen LogP contribution in [0.1, 0.15) is 0 Å². The highest BCUT2D eigenvalue weighted by molar-refractivity contribution is 6.33. The van der Waals surface area contributed by atoms with Crippen LogP contribution in [0.2, 0.25) is 5.02 Å². The van der Waals surface area contributed by atoms with Gasteiger partial charge in [-0.15, -0.1) is 0 Å². The van der Waals surface area contributed by atoms with Gasteiger partial charge in [0.15, 0.2) is 0 Å². The van der Waals surface area contributed by atoms with Crippen molar-refractivity contribution in [2.75, 3.05) is 5.73 Å². The molecular weight excluding hydrogens is 187 g/mol. The van der Waals surface area contributed by atoms with Gasteiger partial charge in [-0.25, -0.2) is 0 Å². The van der Waals surface area contributed by atoms with Crippen molar-refractivity contribution < 1.29 is 9.31 Å². The number of anilines is 1. The Bertz CT molecular complexity index is 343. The van der Waals surface area contributed by atoms with E-state index in [1.54, 1.807) is 0 Å². The van der Waals surface area contributed by atoms with Gasteiger partial charge in [-0.2, -0.15) is 4.39 Å². The normalized spacial score (nSPS) is 9.83. The molecule has 0 saturated carbocycles. The van der Waals surface area contributed by atoms with Gasteiger partial charge < -0.3 is 5.73 Å². The van der Waals surface area contributed by atoms with Crippen LogP contribution in [0.3, 0.4) is 0 Å². The molecule has 6 heteroatoms. The molecule has 12 heavy (non-hydrogen) atoms. The van der Waals surface area contributed by atoms with Crippen molar-refractivity contribution in [3.05, 3.63) is 33.1 Å². The van der Waals surface area contributed by atoms with Gasteiger partial charge in [-0.05, 0) is 0 Å². The van der Waals surface area contributed by atoms with Gasteiger partial charge in [-0.1, -0.05) is 11.6 Å². The van der Waals surface area contributed by atoms with Gasteiger partial charge in [-0.3, -0.25) is 10.1 Å². The number of nitrogens with zero attached hydrogens (tertiary/aromatic N) is 1. The van der Waals surface area contributed by atoms with E-state index in [0.717, 1.165) is 12.1 Å². The third-order valence-corrected chi connectivity index (χ3v) is 1.59. The largest absolute Gasteiger partial charge is 0.397 e. The highest BCUT2D eigenvalue weighted by Crippen LogP contribution is 2.27. The van der Waals surface area contributed by atoms with E-state index in [9.17, 15) is 14.5 Å². The van der Waals surface area contributed by atoms with E-state index < -0.39 is 16.4 Å². The van der Waals surface area contributed by atoms with Crippen molar-refractivity contribution in [3.8, 4) is 0 Å². The third-order valence-electron chi connectivity index (χ3n) is 1.26. The molecule has 64 valence electrons. The molecule has 0 aliphatic heterocycles. The molecule has 0 spiro atoms. The Kier molecular flexibility index (Phi) is 2.14. The predicted molar refractivity (Wildman–Crippen MR) is 42.5 cm³/mol. The topological polar surface area (TPSA) is 69.2 Å². The molecule has 0 aromatic heterocycles. The first kappa shape index (κ1) is 8.73. The van der Waals surface area contributed by atoms with Gasteiger partial charge in [0.1, 0.15) is 0 Å². The quantitative estimate of drug-likeness (QED) is 0.418. The lowest BCUT2D eigenvalue weighted by atomic mass is 10.3. The molecule has 1 aromatic rings. The van der Waals surface area contributed by atoms with E-state index >= 15 is 0 Å². The van der Waals surface area contributed by atoms with Crippen LogP contribution in [0.5, 0.6) is 0 Å². The molecule has 0 atom stereocenters. The standard InChI is InChI=1S/C6H4ClFN2O2/c7-3-1-6(10(11)12)4(8)2-5(3)9/h1-2H,9H2. The predicted octanol–water partition coefficient (Wildman–Crippen LogP) is 1.97. The van der Waals surface area contributed by atoms with Crippen molar-refractivity contribution >= 4 is 23.0 Å². The van der Waals surface area contributed by atoms with Crippen molar-refractivity contribution in [2.24, 2.45) is 0 Å². The van der Waals surface area contributed by atoms with Crippen LogP contribution in [-0.4, -0.2) is 4.92 Å². The fourth-order valence-corrected chi connectivity index (χ4v) is 0.850. The fourth-order valence-electron chi connectivity index (χ4n) is 0.692. The van der Waals surface area contributed by atoms with E-state index in [1.165, 1.54) is 0 Å². The summed E-state index contributed by atoms with van der Waals surface area (Å²) in [6, 6.07) is 1.70. The van der Waals surface area contributed by atoms with Gasteiger partial charge >= 0.3 is 5.69 Å². The van der Waals surface area contributed by atoms with Gasteiger partial charge in [0.2, 0.25) is 5.82 Å². The summed E-state index contributed by atoms with van der Waals surface area (Å²) >= 11 is 5.43. The van der Waals surface area contributed by atoms with E-state index in [4.69, 9.17) is 17.3 Å². The number of benzene rings is 1. The minimum Gasteiger partial charge on any atom is -0.397 e. The first-order valence-corrected chi connectivity index (χ1v) is 3.29. The highest BCUT2D eigenvalue weighted by Gasteiger charge is 2.15. The SMILES string of the molecule is Nc1cc(F)c([N+](=O)[O-])cc1Cl. The monoisotopic (exact) mass is 190 g/mol. The Balaban J connectivity index is 3.33. The number of hydrogen-bond donors (Lipinski definition) is 1. The van der Waals surface area contributed by atoms with E-state index in [1.807, 2.05) is 0 Å². The lowest BCUT2D eigenvalue weighted by molar-refractivity contribution is -0.387.